The molecular formula is C30H29ClF3N9. The number of pyridine rings is 1. The summed E-state index contributed by atoms with van der Waals surface area (Å²) in [5, 5.41) is 31.1. The van der Waals surface area contributed by atoms with Gasteiger partial charge in [0.1, 0.15) is 11.8 Å². The molecule has 43 heavy (non-hydrogen) atoms. The molecule has 1 atom stereocenters. The third kappa shape index (κ3) is 5.22. The predicted molar refractivity (Wildman–Crippen MR) is 159 cm³/mol. The van der Waals surface area contributed by atoms with Crippen LogP contribution in [0.4, 0.5) is 24.5 Å². The normalized spacial score (nSPS) is 15.4. The number of hydrogen-bond acceptors (Lipinski definition) is 7. The molecule has 1 saturated carbocycles. The Morgan fingerprint density at radius 1 is 1.14 bits per heavy atom. The summed E-state index contributed by atoms with van der Waals surface area (Å²) in [6.07, 6.45) is 0.167. The molecule has 1 aliphatic rings. The van der Waals surface area contributed by atoms with E-state index < -0.39 is 17.8 Å². The molecule has 0 radical (unpaired) electrons. The number of rotatable bonds is 7. The van der Waals surface area contributed by atoms with E-state index in [0.29, 0.717) is 45.1 Å². The maximum atomic E-state index is 13.9. The molecule has 1 unspecified atom stereocenters. The number of nitriles is 1. The maximum Gasteiger partial charge on any atom is 0.413 e. The van der Waals surface area contributed by atoms with Crippen molar-refractivity contribution in [2.45, 2.75) is 51.4 Å². The topological polar surface area (TPSA) is 109 Å². The van der Waals surface area contributed by atoms with Crippen LogP contribution in [0, 0.1) is 16.7 Å². The summed E-state index contributed by atoms with van der Waals surface area (Å²) in [4.78, 5) is 4.43. The number of alkyl halides is 3. The summed E-state index contributed by atoms with van der Waals surface area (Å²) in [5.41, 5.74) is 1.71. The third-order valence-electron chi connectivity index (χ3n) is 7.66. The summed E-state index contributed by atoms with van der Waals surface area (Å²) in [7, 11) is 1.80. The van der Waals surface area contributed by atoms with Crippen LogP contribution >= 0.6 is 11.6 Å². The number of halogens is 4. The van der Waals surface area contributed by atoms with Crippen LogP contribution in [-0.4, -0.2) is 42.5 Å². The maximum absolute atomic E-state index is 13.9. The number of aryl methyl sites for hydroxylation is 1. The minimum absolute atomic E-state index is 0.0472. The monoisotopic (exact) mass is 607 g/mol. The fourth-order valence-corrected chi connectivity index (χ4v) is 5.53. The second-order valence-electron chi connectivity index (χ2n) is 12.2. The zero-order valence-corrected chi connectivity index (χ0v) is 24.7. The first kappa shape index (κ1) is 28.7. The first-order chi connectivity index (χ1) is 20.3. The van der Waals surface area contributed by atoms with E-state index in [9.17, 15) is 18.4 Å². The van der Waals surface area contributed by atoms with E-state index in [4.69, 9.17) is 11.6 Å². The van der Waals surface area contributed by atoms with E-state index in [1.807, 2.05) is 30.5 Å². The fourth-order valence-electron chi connectivity index (χ4n) is 5.26. The molecule has 9 nitrogen and oxygen atoms in total. The predicted octanol–water partition coefficient (Wildman–Crippen LogP) is 6.95. The fraction of sp³-hybridized carbons (Fsp3) is 0.367. The second-order valence-corrected chi connectivity index (χ2v) is 12.6. The summed E-state index contributed by atoms with van der Waals surface area (Å²) in [6, 6.07) is 10.6. The van der Waals surface area contributed by atoms with Gasteiger partial charge in [-0.15, -0.1) is 5.10 Å². The molecule has 1 aliphatic carbocycles. The van der Waals surface area contributed by atoms with Gasteiger partial charge in [0.15, 0.2) is 5.54 Å². The average molecular weight is 608 g/mol. The summed E-state index contributed by atoms with van der Waals surface area (Å²) >= 11 is 6.73. The van der Waals surface area contributed by atoms with Crippen LogP contribution in [-0.2, 0) is 12.6 Å². The van der Waals surface area contributed by atoms with Gasteiger partial charge in [0.05, 0.1) is 39.5 Å². The molecule has 2 N–H and O–H groups in total. The van der Waals surface area contributed by atoms with Crippen molar-refractivity contribution in [3.05, 3.63) is 70.8 Å². The van der Waals surface area contributed by atoms with Gasteiger partial charge in [-0.05, 0) is 42.0 Å². The average Bonchev–Trinajstić information content (AvgIpc) is 3.46. The van der Waals surface area contributed by atoms with E-state index in [-0.39, 0.29) is 18.3 Å². The zero-order chi connectivity index (χ0) is 30.7. The van der Waals surface area contributed by atoms with Crippen LogP contribution in [0.25, 0.3) is 21.8 Å². The van der Waals surface area contributed by atoms with Crippen LogP contribution in [0.3, 0.4) is 0 Å². The van der Waals surface area contributed by atoms with E-state index in [1.54, 1.807) is 17.8 Å². The molecule has 0 amide bonds. The standard InChI is InChI=1S/C30H29ClF3N9/c1-28(2,3)16-37-25-17(12-35)13-36-26-20(25)10-18(11-22(26)31)38-27(19-6-5-7-23-21(19)14-42(4)40-23)24-15-43(41-39-24)29(8-9-29)30(32,33)34/h5-7,10-11,13-15,27,38H,8-9,16H2,1-4H3,(H,36,37). The molecule has 0 spiro atoms. The Kier molecular flexibility index (Phi) is 6.76. The minimum Gasteiger partial charge on any atom is -0.383 e. The molecule has 1 fully saturated rings. The lowest BCUT2D eigenvalue weighted by Gasteiger charge is -2.23. The molecule has 0 saturated heterocycles. The van der Waals surface area contributed by atoms with Crippen molar-refractivity contribution >= 4 is 44.8 Å². The first-order valence-corrected chi connectivity index (χ1v) is 14.1. The van der Waals surface area contributed by atoms with Gasteiger partial charge < -0.3 is 10.6 Å². The Balaban J connectivity index is 1.48. The van der Waals surface area contributed by atoms with E-state index in [2.05, 4.69) is 57.9 Å². The quantitative estimate of drug-likeness (QED) is 0.206. The Bertz CT molecular complexity index is 1890. The van der Waals surface area contributed by atoms with Gasteiger partial charge in [0.25, 0.3) is 0 Å². The van der Waals surface area contributed by atoms with Gasteiger partial charge in [0.2, 0.25) is 0 Å². The van der Waals surface area contributed by atoms with Crippen molar-refractivity contribution in [2.24, 2.45) is 12.5 Å². The SMILES string of the molecule is Cn1cc2c(C(Nc3cc(Cl)c4ncc(C#N)c(NCC(C)(C)C)c4c3)c3cn(C4(C(F)(F)F)CC4)nn3)cccc2n1. The van der Waals surface area contributed by atoms with Crippen molar-refractivity contribution in [3.8, 4) is 6.07 Å². The van der Waals surface area contributed by atoms with Crippen LogP contribution in [0.2, 0.25) is 5.02 Å². The molecule has 5 aromatic rings. The van der Waals surface area contributed by atoms with Gasteiger partial charge in [-0.2, -0.15) is 23.5 Å². The van der Waals surface area contributed by atoms with Gasteiger partial charge in [-0.3, -0.25) is 9.67 Å². The number of benzene rings is 2. The van der Waals surface area contributed by atoms with Crippen LogP contribution in [0.1, 0.15) is 56.5 Å². The van der Waals surface area contributed by atoms with E-state index >= 15 is 0 Å². The van der Waals surface area contributed by atoms with Crippen LogP contribution in [0.15, 0.2) is 48.9 Å². The largest absolute Gasteiger partial charge is 0.413 e. The number of nitrogens with zero attached hydrogens (tertiary/aromatic N) is 7. The van der Waals surface area contributed by atoms with Crippen molar-refractivity contribution in [1.29, 1.82) is 5.26 Å². The third-order valence-corrected chi connectivity index (χ3v) is 7.95. The first-order valence-electron chi connectivity index (χ1n) is 13.7. The molecule has 0 bridgehead atoms. The van der Waals surface area contributed by atoms with Crippen molar-refractivity contribution < 1.29 is 13.2 Å². The van der Waals surface area contributed by atoms with Gasteiger partial charge >= 0.3 is 6.18 Å². The number of anilines is 2. The highest BCUT2D eigenvalue weighted by Gasteiger charge is 2.66. The highest BCUT2D eigenvalue weighted by atomic mass is 35.5. The number of nitrogens with one attached hydrogen (secondary N) is 2. The van der Waals surface area contributed by atoms with Crippen molar-refractivity contribution in [3.63, 3.8) is 0 Å². The van der Waals surface area contributed by atoms with Gasteiger partial charge in [-0.1, -0.05) is 49.7 Å². The summed E-state index contributed by atoms with van der Waals surface area (Å²) < 4.78 is 44.4. The number of aromatic nitrogens is 6. The Labute approximate surface area is 250 Å². The van der Waals surface area contributed by atoms with E-state index in [0.717, 1.165) is 21.1 Å². The molecule has 2 aromatic carbocycles. The lowest BCUT2D eigenvalue weighted by atomic mass is 9.96. The summed E-state index contributed by atoms with van der Waals surface area (Å²) in [5.74, 6) is 0. The minimum atomic E-state index is -4.45. The van der Waals surface area contributed by atoms with Crippen LogP contribution in [0.5, 0.6) is 0 Å². The highest BCUT2D eigenvalue weighted by Crippen LogP contribution is 2.55. The van der Waals surface area contributed by atoms with Crippen molar-refractivity contribution in [1.82, 2.24) is 29.8 Å². The smallest absolute Gasteiger partial charge is 0.383 e. The lowest BCUT2D eigenvalue weighted by molar-refractivity contribution is -0.182. The Morgan fingerprint density at radius 3 is 2.58 bits per heavy atom. The molecule has 3 aromatic heterocycles. The second kappa shape index (κ2) is 10.1. The van der Waals surface area contributed by atoms with E-state index in [1.165, 1.54) is 12.4 Å². The van der Waals surface area contributed by atoms with Gasteiger partial charge in [0, 0.05) is 42.4 Å². The number of hydrogen-bond donors (Lipinski definition) is 2. The van der Waals surface area contributed by atoms with Gasteiger partial charge in [-0.25, -0.2) is 4.68 Å². The Hall–Kier alpha value is -4.37. The van der Waals surface area contributed by atoms with Crippen LogP contribution < -0.4 is 10.6 Å². The molecule has 3 heterocycles. The molecular weight excluding hydrogens is 579 g/mol. The molecule has 222 valence electrons. The Morgan fingerprint density at radius 2 is 1.91 bits per heavy atom. The zero-order valence-electron chi connectivity index (χ0n) is 24.0. The summed E-state index contributed by atoms with van der Waals surface area (Å²) in [6.45, 7) is 6.83. The lowest BCUT2D eigenvalue weighted by Crippen LogP contribution is -2.35. The van der Waals surface area contributed by atoms with Crippen molar-refractivity contribution in [2.75, 3.05) is 17.2 Å². The molecule has 6 rings (SSSR count). The molecule has 0 aliphatic heterocycles. The molecule has 13 heteroatoms. The highest BCUT2D eigenvalue weighted by molar-refractivity contribution is 6.35. The number of fused-ring (bicyclic) bond motifs is 2.